The van der Waals surface area contributed by atoms with Crippen molar-refractivity contribution >= 4 is 21.9 Å². The van der Waals surface area contributed by atoms with Crippen LogP contribution in [-0.2, 0) is 19.4 Å². The molecule has 0 bridgehead atoms. The highest BCUT2D eigenvalue weighted by atomic mass is 32.2. The molecule has 2 atom stereocenters. The van der Waals surface area contributed by atoms with Gasteiger partial charge in [-0.1, -0.05) is 0 Å². The van der Waals surface area contributed by atoms with E-state index in [2.05, 4.69) is 4.74 Å². The Hall–Kier alpha value is -1.31. The van der Waals surface area contributed by atoms with Crippen LogP contribution >= 0.6 is 0 Å². The van der Waals surface area contributed by atoms with Crippen LogP contribution in [-0.4, -0.2) is 60.7 Å². The second-order valence-electron chi connectivity index (χ2n) is 3.92. The lowest BCUT2D eigenvalue weighted by atomic mass is 10.2. The molecule has 1 unspecified atom stereocenters. The molecule has 2 saturated heterocycles. The molecule has 8 heteroatoms. The third-order valence-electron chi connectivity index (χ3n) is 2.76. The maximum atomic E-state index is 11.3. The fourth-order valence-electron chi connectivity index (χ4n) is 1.93. The molecule has 16 heavy (non-hydrogen) atoms. The van der Waals surface area contributed by atoms with Crippen molar-refractivity contribution in [3.8, 4) is 0 Å². The summed E-state index contributed by atoms with van der Waals surface area (Å²) >= 11 is 0. The van der Waals surface area contributed by atoms with E-state index in [1.54, 1.807) is 0 Å². The molecule has 0 aliphatic carbocycles. The van der Waals surface area contributed by atoms with Crippen LogP contribution in [0.15, 0.2) is 0 Å². The topological polar surface area (TPSA) is 101 Å². The first-order chi connectivity index (χ1) is 7.39. The highest BCUT2D eigenvalue weighted by Crippen LogP contribution is 2.23. The number of carbonyl (C=O) groups is 2. The van der Waals surface area contributed by atoms with E-state index in [1.807, 2.05) is 0 Å². The number of hydrogen-bond donors (Lipinski definition) is 1. The van der Waals surface area contributed by atoms with Gasteiger partial charge in [0.25, 0.3) is 0 Å². The van der Waals surface area contributed by atoms with Crippen LogP contribution in [0, 0.1) is 0 Å². The van der Waals surface area contributed by atoms with Crippen LogP contribution in [0.4, 0.5) is 4.79 Å². The van der Waals surface area contributed by atoms with Crippen LogP contribution in [0.1, 0.15) is 6.42 Å². The van der Waals surface area contributed by atoms with E-state index in [1.165, 1.54) is 4.90 Å². The molecule has 0 aromatic rings. The van der Waals surface area contributed by atoms with Gasteiger partial charge in [0.2, 0.25) is 6.10 Å². The molecule has 0 aromatic heterocycles. The van der Waals surface area contributed by atoms with Crippen LogP contribution < -0.4 is 0 Å². The minimum Gasteiger partial charge on any atom is -0.478 e. The molecule has 2 aliphatic rings. The molecule has 7 nitrogen and oxygen atoms in total. The molecule has 2 aliphatic heterocycles. The number of rotatable bonds is 2. The Morgan fingerprint density at radius 1 is 1.50 bits per heavy atom. The average Bonchev–Trinajstić information content (AvgIpc) is 2.69. The van der Waals surface area contributed by atoms with Crippen molar-refractivity contribution in [2.24, 2.45) is 0 Å². The number of hydrogen-bond acceptors (Lipinski definition) is 5. The van der Waals surface area contributed by atoms with Crippen molar-refractivity contribution in [1.82, 2.24) is 4.90 Å². The van der Waals surface area contributed by atoms with Crippen molar-refractivity contribution in [1.29, 1.82) is 0 Å². The van der Waals surface area contributed by atoms with E-state index >= 15 is 0 Å². The minimum atomic E-state index is -3.09. The van der Waals surface area contributed by atoms with Gasteiger partial charge in [-0.3, -0.25) is 4.90 Å². The zero-order chi connectivity index (χ0) is 11.9. The highest BCUT2D eigenvalue weighted by molar-refractivity contribution is 7.91. The Morgan fingerprint density at radius 3 is 2.62 bits per heavy atom. The summed E-state index contributed by atoms with van der Waals surface area (Å²) in [5.41, 5.74) is 0. The van der Waals surface area contributed by atoms with Gasteiger partial charge in [0.15, 0.2) is 9.84 Å². The summed E-state index contributed by atoms with van der Waals surface area (Å²) in [4.78, 5) is 23.1. The summed E-state index contributed by atoms with van der Waals surface area (Å²) in [5, 5.41) is 8.67. The molecule has 2 heterocycles. The number of carbonyl (C=O) groups excluding carboxylic acids is 1. The largest absolute Gasteiger partial charge is 0.478 e. The van der Waals surface area contributed by atoms with Gasteiger partial charge in [-0.2, -0.15) is 0 Å². The number of cyclic esters (lactones) is 1. The minimum absolute atomic E-state index is 0.0409. The first kappa shape index (κ1) is 11.2. The van der Waals surface area contributed by atoms with Crippen LogP contribution in [0.5, 0.6) is 0 Å². The zero-order valence-electron chi connectivity index (χ0n) is 8.33. The standard InChI is InChI=1S/C8H11NO6S/c10-7(11)6-3-9(8(12)15-6)5-1-2-16(13,14)4-5/h5-6H,1-4H2,(H,10,11)/t5?,6-/m1/s1. The van der Waals surface area contributed by atoms with Crippen LogP contribution in [0.2, 0.25) is 0 Å². The summed E-state index contributed by atoms with van der Waals surface area (Å²) in [6, 6.07) is -0.443. The van der Waals surface area contributed by atoms with Gasteiger partial charge < -0.3 is 9.84 Å². The van der Waals surface area contributed by atoms with Crippen molar-refractivity contribution < 1.29 is 27.9 Å². The Morgan fingerprint density at radius 2 is 2.19 bits per heavy atom. The number of ether oxygens (including phenoxy) is 1. The molecular formula is C8H11NO6S. The SMILES string of the molecule is O=C(O)[C@H]1CN(C2CCS(=O)(=O)C2)C(=O)O1. The molecule has 0 spiro atoms. The molecule has 0 saturated carbocycles. The third kappa shape index (κ3) is 1.97. The van der Waals surface area contributed by atoms with Crippen molar-refractivity contribution in [2.75, 3.05) is 18.1 Å². The zero-order valence-corrected chi connectivity index (χ0v) is 9.14. The van der Waals surface area contributed by atoms with E-state index in [-0.39, 0.29) is 18.1 Å². The second kappa shape index (κ2) is 3.62. The number of sulfone groups is 1. The molecule has 90 valence electrons. The predicted octanol–water partition coefficient (Wildman–Crippen LogP) is -0.921. The molecular weight excluding hydrogens is 238 g/mol. The quantitative estimate of drug-likeness (QED) is 0.679. The van der Waals surface area contributed by atoms with E-state index < -0.39 is 34.0 Å². The summed E-state index contributed by atoms with van der Waals surface area (Å²) in [6.45, 7) is -0.0750. The van der Waals surface area contributed by atoms with E-state index in [0.29, 0.717) is 6.42 Å². The lowest BCUT2D eigenvalue weighted by Crippen LogP contribution is -2.38. The number of nitrogens with zero attached hydrogens (tertiary/aromatic N) is 1. The Bertz CT molecular complexity index is 430. The summed E-state index contributed by atoms with van der Waals surface area (Å²) < 4.78 is 27.1. The molecule has 2 rings (SSSR count). The Balaban J connectivity index is 2.07. The van der Waals surface area contributed by atoms with Crippen molar-refractivity contribution in [3.63, 3.8) is 0 Å². The second-order valence-corrected chi connectivity index (χ2v) is 6.15. The van der Waals surface area contributed by atoms with Gasteiger partial charge in [-0.05, 0) is 6.42 Å². The maximum absolute atomic E-state index is 11.3. The van der Waals surface area contributed by atoms with E-state index in [4.69, 9.17) is 5.11 Å². The molecule has 1 amide bonds. The summed E-state index contributed by atoms with van der Waals surface area (Å²) in [5.74, 6) is -1.27. The Labute approximate surface area is 91.9 Å². The van der Waals surface area contributed by atoms with Gasteiger partial charge in [-0.15, -0.1) is 0 Å². The van der Waals surface area contributed by atoms with Gasteiger partial charge in [-0.25, -0.2) is 18.0 Å². The third-order valence-corrected chi connectivity index (χ3v) is 4.52. The van der Waals surface area contributed by atoms with Gasteiger partial charge in [0, 0.05) is 0 Å². The number of carboxylic acid groups (broad SMARTS) is 1. The van der Waals surface area contributed by atoms with Gasteiger partial charge in [0.1, 0.15) is 0 Å². The van der Waals surface area contributed by atoms with Crippen LogP contribution in [0.3, 0.4) is 0 Å². The van der Waals surface area contributed by atoms with E-state index in [0.717, 1.165) is 0 Å². The summed E-state index contributed by atoms with van der Waals surface area (Å²) in [6.07, 6.45) is -1.57. The Kier molecular flexibility index (Phi) is 2.53. The molecule has 2 fully saturated rings. The van der Waals surface area contributed by atoms with Gasteiger partial charge in [0.05, 0.1) is 24.1 Å². The van der Waals surface area contributed by atoms with Crippen LogP contribution in [0.25, 0.3) is 0 Å². The van der Waals surface area contributed by atoms with Crippen molar-refractivity contribution in [3.05, 3.63) is 0 Å². The molecule has 0 aromatic carbocycles. The average molecular weight is 249 g/mol. The predicted molar refractivity (Wildman–Crippen MR) is 51.7 cm³/mol. The first-order valence-corrected chi connectivity index (χ1v) is 6.62. The lowest BCUT2D eigenvalue weighted by molar-refractivity contribution is -0.144. The summed E-state index contributed by atoms with van der Waals surface area (Å²) in [7, 11) is -3.09. The number of aliphatic carboxylic acids is 1. The van der Waals surface area contributed by atoms with E-state index in [9.17, 15) is 18.0 Å². The number of carboxylic acids is 1. The van der Waals surface area contributed by atoms with Crippen molar-refractivity contribution in [2.45, 2.75) is 18.6 Å². The number of amides is 1. The lowest BCUT2D eigenvalue weighted by Gasteiger charge is -2.18. The molecule has 0 radical (unpaired) electrons. The highest BCUT2D eigenvalue weighted by Gasteiger charge is 2.43. The normalized spacial score (nSPS) is 32.8. The molecule has 1 N–H and O–H groups in total. The first-order valence-electron chi connectivity index (χ1n) is 4.79. The monoisotopic (exact) mass is 249 g/mol. The maximum Gasteiger partial charge on any atom is 0.411 e. The fourth-order valence-corrected chi connectivity index (χ4v) is 3.66. The fraction of sp³-hybridized carbons (Fsp3) is 0.750. The smallest absolute Gasteiger partial charge is 0.411 e. The van der Waals surface area contributed by atoms with Gasteiger partial charge >= 0.3 is 12.1 Å².